The van der Waals surface area contributed by atoms with E-state index in [0.717, 1.165) is 24.3 Å². The highest BCUT2D eigenvalue weighted by atomic mass is 16.5. The van der Waals surface area contributed by atoms with Gasteiger partial charge < -0.3 is 15.4 Å². The molecular weight excluding hydrogens is 204 g/mol. The van der Waals surface area contributed by atoms with Gasteiger partial charge in [0.2, 0.25) is 5.91 Å². The molecule has 0 aliphatic carbocycles. The molecule has 1 aromatic rings. The van der Waals surface area contributed by atoms with E-state index in [1.807, 2.05) is 25.1 Å². The zero-order chi connectivity index (χ0) is 11.5. The Kier molecular flexibility index (Phi) is 3.10. The molecule has 1 fully saturated rings. The van der Waals surface area contributed by atoms with Crippen LogP contribution in [0.4, 0.5) is 5.69 Å². The van der Waals surface area contributed by atoms with E-state index >= 15 is 0 Å². The maximum atomic E-state index is 11.7. The maximum Gasteiger partial charge on any atom is 0.230 e. The van der Waals surface area contributed by atoms with Crippen LogP contribution in [-0.2, 0) is 4.79 Å². The van der Waals surface area contributed by atoms with Gasteiger partial charge in [0.15, 0.2) is 0 Å². The number of amides is 1. The number of rotatable bonds is 3. The van der Waals surface area contributed by atoms with Crippen LogP contribution in [-0.4, -0.2) is 26.1 Å². The molecule has 1 aliphatic rings. The van der Waals surface area contributed by atoms with E-state index < -0.39 is 0 Å². The minimum atomic E-state index is 0.0564. The van der Waals surface area contributed by atoms with Crippen molar-refractivity contribution >= 4 is 11.6 Å². The van der Waals surface area contributed by atoms with E-state index in [1.165, 1.54) is 0 Å². The van der Waals surface area contributed by atoms with Gasteiger partial charge in [0.05, 0.1) is 18.7 Å². The molecule has 0 radical (unpaired) electrons. The first kappa shape index (κ1) is 11.0. The Morgan fingerprint density at radius 1 is 1.50 bits per heavy atom. The lowest BCUT2D eigenvalue weighted by atomic mass is 10.0. The highest BCUT2D eigenvalue weighted by molar-refractivity contribution is 5.94. The molecule has 0 unspecified atom stereocenters. The second-order valence-electron chi connectivity index (χ2n) is 4.05. The smallest absolute Gasteiger partial charge is 0.230 e. The Hall–Kier alpha value is -1.55. The number of hydrogen-bond donors (Lipinski definition) is 2. The molecule has 86 valence electrons. The van der Waals surface area contributed by atoms with Gasteiger partial charge in [-0.15, -0.1) is 0 Å². The number of methoxy groups -OCH3 is 1. The Bertz CT molecular complexity index is 400. The van der Waals surface area contributed by atoms with Crippen LogP contribution in [0.5, 0.6) is 5.75 Å². The molecule has 2 rings (SSSR count). The van der Waals surface area contributed by atoms with Gasteiger partial charge in [0.25, 0.3) is 0 Å². The van der Waals surface area contributed by atoms with Crippen molar-refractivity contribution in [2.45, 2.75) is 6.92 Å². The van der Waals surface area contributed by atoms with Crippen LogP contribution in [0.2, 0.25) is 0 Å². The third kappa shape index (κ3) is 2.17. The van der Waals surface area contributed by atoms with Crippen molar-refractivity contribution in [3.63, 3.8) is 0 Å². The van der Waals surface area contributed by atoms with Gasteiger partial charge >= 0.3 is 0 Å². The lowest BCUT2D eigenvalue weighted by Crippen LogP contribution is -2.48. The summed E-state index contributed by atoms with van der Waals surface area (Å²) in [5.41, 5.74) is 1.85. The normalized spacial score (nSPS) is 15.4. The molecule has 4 heteroatoms. The van der Waals surface area contributed by atoms with E-state index in [2.05, 4.69) is 10.6 Å². The summed E-state index contributed by atoms with van der Waals surface area (Å²) in [6.45, 7) is 3.52. The standard InChI is InChI=1S/C12H16N2O2/c1-8-3-4-10(11(5-8)16-2)14-12(15)9-6-13-7-9/h3-5,9,13H,6-7H2,1-2H3,(H,14,15). The first-order valence-electron chi connectivity index (χ1n) is 5.37. The van der Waals surface area contributed by atoms with Gasteiger partial charge in [-0.1, -0.05) is 6.07 Å². The minimum Gasteiger partial charge on any atom is -0.495 e. The zero-order valence-corrected chi connectivity index (χ0v) is 9.54. The van der Waals surface area contributed by atoms with Crippen molar-refractivity contribution in [1.29, 1.82) is 0 Å². The van der Waals surface area contributed by atoms with Crippen molar-refractivity contribution in [3.8, 4) is 5.75 Å². The minimum absolute atomic E-state index is 0.0564. The number of anilines is 1. The monoisotopic (exact) mass is 220 g/mol. The van der Waals surface area contributed by atoms with Crippen molar-refractivity contribution in [1.82, 2.24) is 5.32 Å². The van der Waals surface area contributed by atoms with E-state index in [-0.39, 0.29) is 11.8 Å². The first-order valence-corrected chi connectivity index (χ1v) is 5.37. The number of ether oxygens (including phenoxy) is 1. The average molecular weight is 220 g/mol. The van der Waals surface area contributed by atoms with Crippen LogP contribution in [0.3, 0.4) is 0 Å². The van der Waals surface area contributed by atoms with E-state index in [9.17, 15) is 4.79 Å². The predicted octanol–water partition coefficient (Wildman–Crippen LogP) is 1.16. The number of hydrogen-bond acceptors (Lipinski definition) is 3. The third-order valence-corrected chi connectivity index (χ3v) is 2.77. The summed E-state index contributed by atoms with van der Waals surface area (Å²) in [7, 11) is 1.61. The highest BCUT2D eigenvalue weighted by Crippen LogP contribution is 2.25. The lowest BCUT2D eigenvalue weighted by molar-refractivity contribution is -0.121. The second-order valence-corrected chi connectivity index (χ2v) is 4.05. The van der Waals surface area contributed by atoms with E-state index in [0.29, 0.717) is 5.75 Å². The molecule has 1 aromatic carbocycles. The molecule has 1 aliphatic heterocycles. The van der Waals surface area contributed by atoms with Gasteiger partial charge in [-0.2, -0.15) is 0 Å². The number of benzene rings is 1. The summed E-state index contributed by atoms with van der Waals surface area (Å²) in [4.78, 5) is 11.7. The predicted molar refractivity (Wildman–Crippen MR) is 62.7 cm³/mol. The second kappa shape index (κ2) is 4.53. The molecule has 1 amide bonds. The Balaban J connectivity index is 2.10. The van der Waals surface area contributed by atoms with Crippen molar-refractivity contribution < 1.29 is 9.53 Å². The van der Waals surface area contributed by atoms with Gasteiger partial charge in [-0.25, -0.2) is 0 Å². The van der Waals surface area contributed by atoms with Crippen molar-refractivity contribution in [2.24, 2.45) is 5.92 Å². The van der Waals surface area contributed by atoms with Gasteiger partial charge in [-0.05, 0) is 24.6 Å². The molecule has 0 atom stereocenters. The topological polar surface area (TPSA) is 50.4 Å². The molecule has 0 spiro atoms. The molecule has 16 heavy (non-hydrogen) atoms. The quantitative estimate of drug-likeness (QED) is 0.803. The molecule has 4 nitrogen and oxygen atoms in total. The molecule has 0 aromatic heterocycles. The zero-order valence-electron chi connectivity index (χ0n) is 9.54. The van der Waals surface area contributed by atoms with Gasteiger partial charge in [0, 0.05) is 13.1 Å². The first-order chi connectivity index (χ1) is 7.70. The van der Waals surface area contributed by atoms with Crippen LogP contribution >= 0.6 is 0 Å². The number of carbonyl (C=O) groups excluding carboxylic acids is 1. The summed E-state index contributed by atoms with van der Waals surface area (Å²) >= 11 is 0. The SMILES string of the molecule is COc1cc(C)ccc1NC(=O)C1CNC1. The average Bonchev–Trinajstić information content (AvgIpc) is 2.18. The lowest BCUT2D eigenvalue weighted by Gasteiger charge is -2.26. The molecule has 1 heterocycles. The Morgan fingerprint density at radius 3 is 2.81 bits per heavy atom. The van der Waals surface area contributed by atoms with Crippen molar-refractivity contribution in [3.05, 3.63) is 23.8 Å². The van der Waals surface area contributed by atoms with Crippen molar-refractivity contribution in [2.75, 3.05) is 25.5 Å². The fourth-order valence-electron chi connectivity index (χ4n) is 1.61. The largest absolute Gasteiger partial charge is 0.495 e. The number of nitrogens with one attached hydrogen (secondary N) is 2. The fourth-order valence-corrected chi connectivity index (χ4v) is 1.61. The summed E-state index contributed by atoms with van der Waals surface area (Å²) < 4.78 is 5.23. The summed E-state index contributed by atoms with van der Waals surface area (Å²) in [5, 5.41) is 5.96. The van der Waals surface area contributed by atoms with Crippen LogP contribution < -0.4 is 15.4 Å². The van der Waals surface area contributed by atoms with Crippen LogP contribution in [0.15, 0.2) is 18.2 Å². The van der Waals surface area contributed by atoms with Gasteiger partial charge in [0.1, 0.15) is 5.75 Å². The Labute approximate surface area is 95.0 Å². The number of aryl methyl sites for hydroxylation is 1. The molecule has 0 saturated carbocycles. The van der Waals surface area contributed by atoms with Gasteiger partial charge in [-0.3, -0.25) is 4.79 Å². The molecule has 0 bridgehead atoms. The summed E-state index contributed by atoms with van der Waals surface area (Å²) in [6, 6.07) is 5.74. The van der Waals surface area contributed by atoms with E-state index in [1.54, 1.807) is 7.11 Å². The Morgan fingerprint density at radius 2 is 2.25 bits per heavy atom. The molecule has 1 saturated heterocycles. The third-order valence-electron chi connectivity index (χ3n) is 2.77. The van der Waals surface area contributed by atoms with Crippen LogP contribution in [0, 0.1) is 12.8 Å². The fraction of sp³-hybridized carbons (Fsp3) is 0.417. The molecular formula is C12H16N2O2. The maximum absolute atomic E-state index is 11.7. The van der Waals surface area contributed by atoms with E-state index in [4.69, 9.17) is 4.74 Å². The summed E-state index contributed by atoms with van der Waals surface area (Å²) in [6.07, 6.45) is 0. The molecule has 2 N–H and O–H groups in total. The van der Waals surface area contributed by atoms with Crippen LogP contribution in [0.1, 0.15) is 5.56 Å². The summed E-state index contributed by atoms with van der Waals surface area (Å²) in [5.74, 6) is 0.854. The van der Waals surface area contributed by atoms with Crippen LogP contribution in [0.25, 0.3) is 0 Å². The number of carbonyl (C=O) groups is 1. The highest BCUT2D eigenvalue weighted by Gasteiger charge is 2.25.